The van der Waals surface area contributed by atoms with Gasteiger partial charge >= 0.3 is 0 Å². The molecule has 6 nitrogen and oxygen atoms in total. The second-order valence-electron chi connectivity index (χ2n) is 3.88. The van der Waals surface area contributed by atoms with Gasteiger partial charge in [-0.1, -0.05) is 6.07 Å². The van der Waals surface area contributed by atoms with Gasteiger partial charge in [-0.2, -0.15) is 0 Å². The van der Waals surface area contributed by atoms with Crippen LogP contribution in [-0.2, 0) is 16.1 Å². The Labute approximate surface area is 112 Å². The summed E-state index contributed by atoms with van der Waals surface area (Å²) in [5, 5.41) is 5.12. The third-order valence-corrected chi connectivity index (χ3v) is 2.44. The molecule has 0 aliphatic carbocycles. The van der Waals surface area contributed by atoms with Gasteiger partial charge in [-0.25, -0.2) is 0 Å². The van der Waals surface area contributed by atoms with Crippen LogP contribution in [0.5, 0.6) is 11.5 Å². The summed E-state index contributed by atoms with van der Waals surface area (Å²) >= 11 is 0. The molecule has 6 heteroatoms. The Bertz CT molecular complexity index is 460. The maximum Gasteiger partial charge on any atom is 0.239 e. The van der Waals surface area contributed by atoms with E-state index in [2.05, 4.69) is 10.6 Å². The fourth-order valence-electron chi connectivity index (χ4n) is 1.46. The van der Waals surface area contributed by atoms with Crippen LogP contribution >= 0.6 is 0 Å². The number of ether oxygens (including phenoxy) is 2. The fraction of sp³-hybridized carbons (Fsp3) is 0.385. The topological polar surface area (TPSA) is 76.7 Å². The molecule has 0 bridgehead atoms. The van der Waals surface area contributed by atoms with Crippen LogP contribution < -0.4 is 20.1 Å². The first-order chi connectivity index (χ1) is 9.06. The van der Waals surface area contributed by atoms with Gasteiger partial charge in [0, 0.05) is 13.5 Å². The molecule has 1 rings (SSSR count). The zero-order valence-corrected chi connectivity index (χ0v) is 11.3. The first-order valence-electron chi connectivity index (χ1n) is 5.79. The molecule has 19 heavy (non-hydrogen) atoms. The zero-order chi connectivity index (χ0) is 14.3. The zero-order valence-electron chi connectivity index (χ0n) is 11.3. The number of carbonyl (C=O) groups is 2. The van der Waals surface area contributed by atoms with E-state index in [0.717, 1.165) is 5.56 Å². The van der Waals surface area contributed by atoms with Crippen LogP contribution in [-0.4, -0.2) is 32.6 Å². The molecule has 0 unspecified atom stereocenters. The lowest BCUT2D eigenvalue weighted by Gasteiger charge is -2.10. The highest BCUT2D eigenvalue weighted by atomic mass is 16.5. The monoisotopic (exact) mass is 266 g/mol. The molecular formula is C13H18N2O4. The highest BCUT2D eigenvalue weighted by molar-refractivity contribution is 5.83. The highest BCUT2D eigenvalue weighted by Gasteiger charge is 2.06. The van der Waals surface area contributed by atoms with Crippen molar-refractivity contribution < 1.29 is 19.1 Å². The molecule has 0 spiro atoms. The van der Waals surface area contributed by atoms with E-state index in [-0.39, 0.29) is 18.4 Å². The quantitative estimate of drug-likeness (QED) is 0.784. The average Bonchev–Trinajstić information content (AvgIpc) is 2.42. The first-order valence-corrected chi connectivity index (χ1v) is 5.79. The van der Waals surface area contributed by atoms with Crippen LogP contribution in [0.3, 0.4) is 0 Å². The molecule has 0 radical (unpaired) electrons. The van der Waals surface area contributed by atoms with Gasteiger partial charge in [-0.15, -0.1) is 0 Å². The number of carbonyl (C=O) groups excluding carboxylic acids is 2. The van der Waals surface area contributed by atoms with Gasteiger partial charge in [-0.3, -0.25) is 9.59 Å². The summed E-state index contributed by atoms with van der Waals surface area (Å²) < 4.78 is 10.3. The lowest BCUT2D eigenvalue weighted by molar-refractivity contribution is -0.125. The molecule has 0 aliphatic heterocycles. The molecule has 0 aliphatic rings. The largest absolute Gasteiger partial charge is 0.493 e. The normalized spacial score (nSPS) is 9.63. The summed E-state index contributed by atoms with van der Waals surface area (Å²) in [5.74, 6) is 0.762. The molecular weight excluding hydrogens is 248 g/mol. The van der Waals surface area contributed by atoms with Crippen molar-refractivity contribution in [1.82, 2.24) is 10.6 Å². The lowest BCUT2D eigenvalue weighted by Crippen LogP contribution is -2.35. The summed E-state index contributed by atoms with van der Waals surface area (Å²) in [7, 11) is 3.11. The standard InChI is InChI=1S/C13H18N2O4/c1-9(16)14-8-13(17)15-7-10-4-5-11(18-2)12(6-10)19-3/h4-6H,7-8H2,1-3H3,(H,14,16)(H,15,17). The number of benzene rings is 1. The minimum atomic E-state index is -0.245. The Morgan fingerprint density at radius 1 is 1.11 bits per heavy atom. The maximum atomic E-state index is 11.4. The van der Waals surface area contributed by atoms with Crippen molar-refractivity contribution in [2.24, 2.45) is 0 Å². The Morgan fingerprint density at radius 3 is 2.37 bits per heavy atom. The maximum absolute atomic E-state index is 11.4. The van der Waals surface area contributed by atoms with Crippen LogP contribution in [0.1, 0.15) is 12.5 Å². The van der Waals surface area contributed by atoms with Crippen LogP contribution in [0.2, 0.25) is 0 Å². The SMILES string of the molecule is COc1ccc(CNC(=O)CNC(C)=O)cc1OC. The highest BCUT2D eigenvalue weighted by Crippen LogP contribution is 2.27. The number of methoxy groups -OCH3 is 2. The Kier molecular flexibility index (Phi) is 5.66. The summed E-state index contributed by atoms with van der Waals surface area (Å²) in [4.78, 5) is 22.1. The van der Waals surface area contributed by atoms with Crippen LogP contribution in [0.15, 0.2) is 18.2 Å². The number of hydrogen-bond donors (Lipinski definition) is 2. The molecule has 104 valence electrons. The van der Waals surface area contributed by atoms with Crippen molar-refractivity contribution in [2.45, 2.75) is 13.5 Å². The van der Waals surface area contributed by atoms with E-state index in [1.807, 2.05) is 6.07 Å². The third-order valence-electron chi connectivity index (χ3n) is 2.44. The van der Waals surface area contributed by atoms with E-state index in [1.54, 1.807) is 26.4 Å². The van der Waals surface area contributed by atoms with E-state index in [1.165, 1.54) is 6.92 Å². The van der Waals surface area contributed by atoms with Crippen LogP contribution in [0.4, 0.5) is 0 Å². The Hall–Kier alpha value is -2.24. The number of nitrogens with one attached hydrogen (secondary N) is 2. The van der Waals surface area contributed by atoms with E-state index in [0.29, 0.717) is 18.0 Å². The minimum Gasteiger partial charge on any atom is -0.493 e. The number of hydrogen-bond acceptors (Lipinski definition) is 4. The van der Waals surface area contributed by atoms with Crippen molar-refractivity contribution >= 4 is 11.8 Å². The molecule has 0 heterocycles. The molecule has 2 N–H and O–H groups in total. The molecule has 1 aromatic carbocycles. The fourth-order valence-corrected chi connectivity index (χ4v) is 1.46. The summed E-state index contributed by atoms with van der Waals surface area (Å²) in [6.07, 6.45) is 0. The molecule has 0 fully saturated rings. The summed E-state index contributed by atoms with van der Waals surface area (Å²) in [6.45, 7) is 1.70. The van der Waals surface area contributed by atoms with Gasteiger partial charge in [0.2, 0.25) is 11.8 Å². The Balaban J connectivity index is 2.53. The molecule has 0 saturated heterocycles. The molecule has 0 atom stereocenters. The van der Waals surface area contributed by atoms with Crippen molar-refractivity contribution in [1.29, 1.82) is 0 Å². The molecule has 1 aromatic rings. The molecule has 2 amide bonds. The summed E-state index contributed by atoms with van der Waals surface area (Å²) in [5.41, 5.74) is 0.883. The predicted molar refractivity (Wildman–Crippen MR) is 70.1 cm³/mol. The summed E-state index contributed by atoms with van der Waals surface area (Å²) in [6, 6.07) is 5.39. The first kappa shape index (κ1) is 14.8. The van der Waals surface area contributed by atoms with Crippen molar-refractivity contribution in [3.8, 4) is 11.5 Å². The average molecular weight is 266 g/mol. The van der Waals surface area contributed by atoms with Gasteiger partial charge in [0.15, 0.2) is 11.5 Å². The predicted octanol–water partition coefficient (Wildman–Crippen LogP) is 0.456. The number of amides is 2. The van der Waals surface area contributed by atoms with Crippen molar-refractivity contribution in [3.63, 3.8) is 0 Å². The van der Waals surface area contributed by atoms with Gasteiger partial charge in [0.1, 0.15) is 0 Å². The molecule has 0 aromatic heterocycles. The van der Waals surface area contributed by atoms with Gasteiger partial charge in [-0.05, 0) is 17.7 Å². The lowest BCUT2D eigenvalue weighted by atomic mass is 10.2. The van der Waals surface area contributed by atoms with E-state index < -0.39 is 0 Å². The smallest absolute Gasteiger partial charge is 0.239 e. The number of rotatable bonds is 6. The van der Waals surface area contributed by atoms with E-state index in [4.69, 9.17) is 9.47 Å². The van der Waals surface area contributed by atoms with Crippen LogP contribution in [0.25, 0.3) is 0 Å². The second-order valence-corrected chi connectivity index (χ2v) is 3.88. The van der Waals surface area contributed by atoms with Crippen molar-refractivity contribution in [3.05, 3.63) is 23.8 Å². The third kappa shape index (κ3) is 4.87. The Morgan fingerprint density at radius 2 is 1.79 bits per heavy atom. The van der Waals surface area contributed by atoms with E-state index in [9.17, 15) is 9.59 Å². The van der Waals surface area contributed by atoms with Gasteiger partial charge in [0.05, 0.1) is 20.8 Å². The van der Waals surface area contributed by atoms with Gasteiger partial charge in [0.25, 0.3) is 0 Å². The second kappa shape index (κ2) is 7.25. The molecule has 0 saturated carbocycles. The van der Waals surface area contributed by atoms with E-state index >= 15 is 0 Å². The minimum absolute atomic E-state index is 0.0252. The van der Waals surface area contributed by atoms with Crippen LogP contribution in [0, 0.1) is 0 Å². The van der Waals surface area contributed by atoms with Crippen molar-refractivity contribution in [2.75, 3.05) is 20.8 Å². The van der Waals surface area contributed by atoms with Gasteiger partial charge < -0.3 is 20.1 Å².